The van der Waals surface area contributed by atoms with E-state index in [1.807, 2.05) is 0 Å². The van der Waals surface area contributed by atoms with E-state index in [1.54, 1.807) is 27.7 Å². The summed E-state index contributed by atoms with van der Waals surface area (Å²) in [4.78, 5) is 0. The molecule has 0 aromatic rings. The van der Waals surface area contributed by atoms with Gasteiger partial charge in [-0.2, -0.15) is 0 Å². The van der Waals surface area contributed by atoms with Gasteiger partial charge in [0.15, 0.2) is 0 Å². The van der Waals surface area contributed by atoms with E-state index in [2.05, 4.69) is 0 Å². The molecule has 3 N–H and O–H groups in total. The standard InChI is InChI=1S/C12H25O3/c1-11(2,14)8-5-6-10(13)7-9-12(3,4)15/h13-15H,5-9H2,1-4H3. The van der Waals surface area contributed by atoms with E-state index in [4.69, 9.17) is 0 Å². The highest BCUT2D eigenvalue weighted by atomic mass is 16.3. The fourth-order valence-corrected chi connectivity index (χ4v) is 1.30. The summed E-state index contributed by atoms with van der Waals surface area (Å²) in [5, 5.41) is 28.4. The zero-order valence-corrected chi connectivity index (χ0v) is 10.4. The Bertz CT molecular complexity index is 165. The first-order chi connectivity index (χ1) is 6.60. The molecule has 0 rings (SSSR count). The van der Waals surface area contributed by atoms with Crippen molar-refractivity contribution in [2.45, 2.75) is 71.0 Å². The first kappa shape index (κ1) is 14.9. The van der Waals surface area contributed by atoms with Crippen LogP contribution >= 0.6 is 0 Å². The monoisotopic (exact) mass is 217 g/mol. The van der Waals surface area contributed by atoms with Crippen LogP contribution in [0.5, 0.6) is 0 Å². The average Bonchev–Trinajstić information content (AvgIpc) is 1.97. The van der Waals surface area contributed by atoms with Gasteiger partial charge in [-0.3, -0.25) is 0 Å². The van der Waals surface area contributed by atoms with Crippen molar-refractivity contribution in [1.82, 2.24) is 0 Å². The molecule has 0 aromatic heterocycles. The fraction of sp³-hybridized carbons (Fsp3) is 0.917. The quantitative estimate of drug-likeness (QED) is 0.613. The summed E-state index contributed by atoms with van der Waals surface area (Å²) in [6.07, 6.45) is 3.60. The van der Waals surface area contributed by atoms with Crippen LogP contribution in [0.25, 0.3) is 0 Å². The highest BCUT2D eigenvalue weighted by Crippen LogP contribution is 2.21. The minimum Gasteiger partial charge on any atom is -0.390 e. The summed E-state index contributed by atoms with van der Waals surface area (Å²) in [6, 6.07) is 0. The van der Waals surface area contributed by atoms with E-state index in [-0.39, 0.29) is 0 Å². The Morgan fingerprint density at radius 2 is 1.33 bits per heavy atom. The number of rotatable bonds is 7. The molecule has 0 saturated carbocycles. The lowest BCUT2D eigenvalue weighted by atomic mass is 9.95. The van der Waals surface area contributed by atoms with Crippen molar-refractivity contribution in [2.24, 2.45) is 0 Å². The largest absolute Gasteiger partial charge is 0.390 e. The van der Waals surface area contributed by atoms with Gasteiger partial charge in [0.2, 0.25) is 0 Å². The zero-order chi connectivity index (χ0) is 12.1. The van der Waals surface area contributed by atoms with Gasteiger partial charge in [0, 0.05) is 0 Å². The summed E-state index contributed by atoms with van der Waals surface area (Å²) < 4.78 is 0. The second-order valence-corrected chi connectivity index (χ2v) is 5.54. The molecule has 0 aliphatic rings. The summed E-state index contributed by atoms with van der Waals surface area (Å²) in [7, 11) is 0. The maximum atomic E-state index is 9.53. The normalized spacial score (nSPS) is 13.6. The third kappa shape index (κ3) is 11.8. The van der Waals surface area contributed by atoms with Crippen LogP contribution in [0.1, 0.15) is 59.8 Å². The molecule has 3 heteroatoms. The Labute approximate surface area is 93.1 Å². The Morgan fingerprint density at radius 1 is 0.867 bits per heavy atom. The smallest absolute Gasteiger partial charge is 0.0934 e. The van der Waals surface area contributed by atoms with Crippen LogP contribution in [0, 0.1) is 6.10 Å². The van der Waals surface area contributed by atoms with E-state index in [1.165, 1.54) is 0 Å². The van der Waals surface area contributed by atoms with Crippen LogP contribution in [-0.4, -0.2) is 26.5 Å². The first-order valence-corrected chi connectivity index (χ1v) is 5.59. The van der Waals surface area contributed by atoms with Gasteiger partial charge in [0.1, 0.15) is 0 Å². The lowest BCUT2D eigenvalue weighted by molar-refractivity contribution is 0.0571. The third-order valence-electron chi connectivity index (χ3n) is 2.28. The molecule has 0 fully saturated rings. The Hall–Kier alpha value is -0.120. The second kappa shape index (κ2) is 5.83. The molecule has 0 saturated heterocycles. The van der Waals surface area contributed by atoms with Crippen molar-refractivity contribution in [2.75, 3.05) is 0 Å². The van der Waals surface area contributed by atoms with Gasteiger partial charge in [-0.05, 0) is 59.8 Å². The maximum absolute atomic E-state index is 9.53. The molecule has 0 atom stereocenters. The summed E-state index contributed by atoms with van der Waals surface area (Å²) in [5.41, 5.74) is -1.37. The Balaban J connectivity index is 3.54. The van der Waals surface area contributed by atoms with Gasteiger partial charge in [-0.15, -0.1) is 0 Å². The molecule has 0 aliphatic carbocycles. The van der Waals surface area contributed by atoms with Crippen molar-refractivity contribution < 1.29 is 15.3 Å². The van der Waals surface area contributed by atoms with Crippen molar-refractivity contribution in [3.63, 3.8) is 0 Å². The molecular formula is C12H25O3. The van der Waals surface area contributed by atoms with Crippen molar-refractivity contribution in [3.8, 4) is 0 Å². The van der Waals surface area contributed by atoms with E-state index < -0.39 is 11.2 Å². The topological polar surface area (TPSA) is 60.7 Å². The van der Waals surface area contributed by atoms with Crippen LogP contribution in [0.4, 0.5) is 0 Å². The molecule has 0 spiro atoms. The van der Waals surface area contributed by atoms with E-state index >= 15 is 0 Å². The van der Waals surface area contributed by atoms with Crippen LogP contribution in [0.3, 0.4) is 0 Å². The number of hydrogen-bond acceptors (Lipinski definition) is 3. The number of aliphatic hydroxyl groups excluding tert-OH is 1. The Kier molecular flexibility index (Phi) is 5.78. The molecule has 0 heterocycles. The highest BCUT2D eigenvalue weighted by molar-refractivity contribution is 4.80. The summed E-state index contributed by atoms with van der Waals surface area (Å²) in [5.74, 6) is 0. The van der Waals surface area contributed by atoms with Crippen LogP contribution in [-0.2, 0) is 0 Å². The number of hydrogen-bond donors (Lipinski definition) is 3. The van der Waals surface area contributed by atoms with Gasteiger partial charge in [0.05, 0.1) is 17.3 Å². The molecule has 91 valence electrons. The van der Waals surface area contributed by atoms with Crippen LogP contribution < -0.4 is 0 Å². The molecular weight excluding hydrogens is 192 g/mol. The first-order valence-electron chi connectivity index (χ1n) is 5.59. The minimum absolute atomic E-state index is 0.418. The predicted octanol–water partition coefficient (Wildman–Crippen LogP) is 2.38. The second-order valence-electron chi connectivity index (χ2n) is 5.54. The van der Waals surface area contributed by atoms with Gasteiger partial charge < -0.3 is 15.3 Å². The fourth-order valence-electron chi connectivity index (χ4n) is 1.30. The zero-order valence-electron chi connectivity index (χ0n) is 10.4. The SMILES string of the molecule is CC(C)(O)CCC[C](O)CCC(C)(C)O. The van der Waals surface area contributed by atoms with Crippen molar-refractivity contribution >= 4 is 0 Å². The predicted molar refractivity (Wildman–Crippen MR) is 60.9 cm³/mol. The molecule has 0 amide bonds. The molecule has 0 bridgehead atoms. The van der Waals surface area contributed by atoms with Crippen LogP contribution in [0.15, 0.2) is 0 Å². The third-order valence-corrected chi connectivity index (χ3v) is 2.28. The van der Waals surface area contributed by atoms with Gasteiger partial charge >= 0.3 is 0 Å². The van der Waals surface area contributed by atoms with Gasteiger partial charge in [-0.25, -0.2) is 0 Å². The molecule has 0 unspecified atom stereocenters. The van der Waals surface area contributed by atoms with Gasteiger partial charge in [-0.1, -0.05) is 0 Å². The highest BCUT2D eigenvalue weighted by Gasteiger charge is 2.17. The van der Waals surface area contributed by atoms with E-state index in [0.29, 0.717) is 31.8 Å². The summed E-state index contributed by atoms with van der Waals surface area (Å²) >= 11 is 0. The molecule has 0 aliphatic heterocycles. The van der Waals surface area contributed by atoms with E-state index in [9.17, 15) is 15.3 Å². The molecule has 1 radical (unpaired) electrons. The van der Waals surface area contributed by atoms with Crippen LogP contribution in [0.2, 0.25) is 0 Å². The molecule has 0 aromatic carbocycles. The van der Waals surface area contributed by atoms with Crippen molar-refractivity contribution in [3.05, 3.63) is 6.10 Å². The van der Waals surface area contributed by atoms with Crippen molar-refractivity contribution in [1.29, 1.82) is 0 Å². The molecule has 15 heavy (non-hydrogen) atoms. The number of aliphatic hydroxyl groups is 3. The average molecular weight is 217 g/mol. The maximum Gasteiger partial charge on any atom is 0.0934 e. The lowest BCUT2D eigenvalue weighted by Gasteiger charge is -2.20. The summed E-state index contributed by atoms with van der Waals surface area (Å²) in [6.45, 7) is 7.00. The van der Waals surface area contributed by atoms with E-state index in [0.717, 1.165) is 6.42 Å². The lowest BCUT2D eigenvalue weighted by Crippen LogP contribution is -2.20. The van der Waals surface area contributed by atoms with Gasteiger partial charge in [0.25, 0.3) is 0 Å². The molecule has 3 nitrogen and oxygen atoms in total. The minimum atomic E-state index is -0.718. The Morgan fingerprint density at radius 3 is 1.73 bits per heavy atom.